The number of nitrogens with one attached hydrogen (secondary N) is 1. The van der Waals surface area contributed by atoms with Crippen molar-refractivity contribution in [1.82, 2.24) is 9.97 Å². The zero-order chi connectivity index (χ0) is 22.8. The van der Waals surface area contributed by atoms with Crippen molar-refractivity contribution in [2.45, 2.75) is 20.3 Å². The van der Waals surface area contributed by atoms with Gasteiger partial charge in [-0.3, -0.25) is 10.1 Å². The second-order valence-electron chi connectivity index (χ2n) is 7.87. The van der Waals surface area contributed by atoms with Gasteiger partial charge in [0.2, 0.25) is 0 Å². The number of pyridine rings is 1. The van der Waals surface area contributed by atoms with E-state index in [9.17, 15) is 4.79 Å². The molecule has 162 valence electrons. The number of thiazole rings is 1. The Balaban J connectivity index is 1.52. The van der Waals surface area contributed by atoms with E-state index in [0.29, 0.717) is 10.7 Å². The first kappa shape index (κ1) is 21.0. The number of carbonyl (C=O) groups excluding carboxylic acids is 1. The molecule has 0 atom stereocenters. The van der Waals surface area contributed by atoms with E-state index < -0.39 is 0 Å². The van der Waals surface area contributed by atoms with Crippen LogP contribution >= 0.6 is 11.3 Å². The van der Waals surface area contributed by atoms with Crippen LogP contribution in [-0.4, -0.2) is 15.9 Å². The average molecular weight is 450 g/mol. The maximum absolute atomic E-state index is 13.4. The summed E-state index contributed by atoms with van der Waals surface area (Å²) in [4.78, 5) is 24.0. The maximum Gasteiger partial charge on any atom is 0.258 e. The Kier molecular flexibility index (Phi) is 5.71. The molecule has 5 aromatic rings. The van der Waals surface area contributed by atoms with E-state index in [-0.39, 0.29) is 5.91 Å². The molecular weight excluding hydrogens is 426 g/mol. The highest BCUT2D eigenvalue weighted by molar-refractivity contribution is 7.16. The van der Waals surface area contributed by atoms with Crippen LogP contribution in [0, 0.1) is 6.92 Å². The summed E-state index contributed by atoms with van der Waals surface area (Å²) in [5.74, 6) is -0.187. The predicted octanol–water partition coefficient (Wildman–Crippen LogP) is 7.15. The van der Waals surface area contributed by atoms with Gasteiger partial charge in [0.15, 0.2) is 5.13 Å². The number of carbonyl (C=O) groups is 1. The largest absolute Gasteiger partial charge is 0.298 e. The molecule has 5 heteroatoms. The first-order valence-electron chi connectivity index (χ1n) is 11.0. The van der Waals surface area contributed by atoms with Crippen LogP contribution < -0.4 is 5.32 Å². The number of para-hydroxylation sites is 1. The lowest BCUT2D eigenvalue weighted by molar-refractivity contribution is 0.102. The second-order valence-corrected chi connectivity index (χ2v) is 9.07. The number of rotatable bonds is 5. The van der Waals surface area contributed by atoms with Crippen LogP contribution in [0.4, 0.5) is 5.13 Å². The molecule has 2 heterocycles. The Morgan fingerprint density at radius 2 is 1.61 bits per heavy atom. The highest BCUT2D eigenvalue weighted by Crippen LogP contribution is 2.31. The molecule has 33 heavy (non-hydrogen) atoms. The molecule has 0 fully saturated rings. The number of benzene rings is 3. The number of hydrogen-bond acceptors (Lipinski definition) is 4. The van der Waals surface area contributed by atoms with Crippen LogP contribution in [0.2, 0.25) is 0 Å². The quantitative estimate of drug-likeness (QED) is 0.310. The molecule has 0 saturated carbocycles. The molecule has 0 bridgehead atoms. The van der Waals surface area contributed by atoms with Gasteiger partial charge in [-0.2, -0.15) is 0 Å². The summed E-state index contributed by atoms with van der Waals surface area (Å²) in [5.41, 5.74) is 6.35. The van der Waals surface area contributed by atoms with E-state index in [1.165, 1.54) is 16.9 Å². The minimum atomic E-state index is -0.187. The fourth-order valence-electron chi connectivity index (χ4n) is 3.90. The Morgan fingerprint density at radius 3 is 2.36 bits per heavy atom. The van der Waals surface area contributed by atoms with Crippen molar-refractivity contribution in [3.63, 3.8) is 0 Å². The van der Waals surface area contributed by atoms with Crippen LogP contribution in [0.5, 0.6) is 0 Å². The van der Waals surface area contributed by atoms with E-state index in [2.05, 4.69) is 36.5 Å². The molecule has 1 amide bonds. The SMILES string of the molecule is CCc1ccc(-c2cc(C(=O)Nc3nc(-c4ccccc4)c(C)s3)c3ccccc3n2)cc1. The van der Waals surface area contributed by atoms with Crippen molar-refractivity contribution >= 4 is 33.3 Å². The molecule has 0 spiro atoms. The molecule has 3 aromatic carbocycles. The summed E-state index contributed by atoms with van der Waals surface area (Å²) < 4.78 is 0. The van der Waals surface area contributed by atoms with Crippen molar-refractivity contribution in [3.05, 3.63) is 101 Å². The Labute approximate surface area is 197 Å². The number of nitrogens with zero attached hydrogens (tertiary/aromatic N) is 2. The molecule has 5 rings (SSSR count). The highest BCUT2D eigenvalue weighted by atomic mass is 32.1. The normalized spacial score (nSPS) is 11.0. The predicted molar refractivity (Wildman–Crippen MR) is 137 cm³/mol. The van der Waals surface area contributed by atoms with Crippen molar-refractivity contribution in [1.29, 1.82) is 0 Å². The molecule has 1 N–H and O–H groups in total. The molecule has 2 aromatic heterocycles. The fourth-order valence-corrected chi connectivity index (χ4v) is 4.73. The lowest BCUT2D eigenvalue weighted by Crippen LogP contribution is -2.13. The van der Waals surface area contributed by atoms with E-state index in [0.717, 1.165) is 44.7 Å². The van der Waals surface area contributed by atoms with Gasteiger partial charge in [-0.25, -0.2) is 9.97 Å². The molecule has 0 aliphatic carbocycles. The molecule has 0 aliphatic rings. The molecule has 0 unspecified atom stereocenters. The van der Waals surface area contributed by atoms with Gasteiger partial charge in [-0.05, 0) is 31.0 Å². The number of fused-ring (bicyclic) bond motifs is 1. The smallest absolute Gasteiger partial charge is 0.258 e. The number of hydrogen-bond donors (Lipinski definition) is 1. The fraction of sp³-hybridized carbons (Fsp3) is 0.107. The second kappa shape index (κ2) is 8.96. The number of aryl methyl sites for hydroxylation is 2. The molecule has 4 nitrogen and oxygen atoms in total. The topological polar surface area (TPSA) is 54.9 Å². The number of aromatic nitrogens is 2. The first-order chi connectivity index (χ1) is 16.1. The minimum Gasteiger partial charge on any atom is -0.298 e. The van der Waals surface area contributed by atoms with Gasteiger partial charge in [0.05, 0.1) is 22.5 Å². The van der Waals surface area contributed by atoms with E-state index in [4.69, 9.17) is 9.97 Å². The standard InChI is InChI=1S/C28H23N3OS/c1-3-19-13-15-20(16-14-19)25-17-23(22-11-7-8-12-24(22)29-25)27(32)31-28-30-26(18(2)33-28)21-9-5-4-6-10-21/h4-17H,3H2,1-2H3,(H,30,31,32). The Morgan fingerprint density at radius 1 is 0.879 bits per heavy atom. The van der Waals surface area contributed by atoms with Gasteiger partial charge in [-0.15, -0.1) is 11.3 Å². The van der Waals surface area contributed by atoms with Crippen LogP contribution in [0.25, 0.3) is 33.4 Å². The third-order valence-electron chi connectivity index (χ3n) is 5.68. The third kappa shape index (κ3) is 4.28. The van der Waals surface area contributed by atoms with Crippen LogP contribution in [0.15, 0.2) is 84.9 Å². The maximum atomic E-state index is 13.4. The summed E-state index contributed by atoms with van der Waals surface area (Å²) >= 11 is 1.48. The molecule has 0 saturated heterocycles. The average Bonchev–Trinajstić information content (AvgIpc) is 3.23. The molecule has 0 aliphatic heterocycles. The Bertz CT molecular complexity index is 1440. The third-order valence-corrected chi connectivity index (χ3v) is 6.57. The highest BCUT2D eigenvalue weighted by Gasteiger charge is 2.17. The summed E-state index contributed by atoms with van der Waals surface area (Å²) in [6.07, 6.45) is 0.983. The summed E-state index contributed by atoms with van der Waals surface area (Å²) in [7, 11) is 0. The van der Waals surface area contributed by atoms with E-state index in [1.807, 2.05) is 67.6 Å². The van der Waals surface area contributed by atoms with Crippen molar-refractivity contribution in [2.75, 3.05) is 5.32 Å². The summed E-state index contributed by atoms with van der Waals surface area (Å²) in [6.45, 7) is 4.16. The number of amides is 1. The monoisotopic (exact) mass is 449 g/mol. The van der Waals surface area contributed by atoms with Gasteiger partial charge >= 0.3 is 0 Å². The molecular formula is C28H23N3OS. The van der Waals surface area contributed by atoms with Crippen LogP contribution in [0.1, 0.15) is 27.7 Å². The zero-order valence-corrected chi connectivity index (χ0v) is 19.3. The Hall–Kier alpha value is -3.83. The lowest BCUT2D eigenvalue weighted by Gasteiger charge is -2.10. The summed E-state index contributed by atoms with van der Waals surface area (Å²) in [5, 5.41) is 4.43. The van der Waals surface area contributed by atoms with E-state index >= 15 is 0 Å². The van der Waals surface area contributed by atoms with Crippen LogP contribution in [0.3, 0.4) is 0 Å². The van der Waals surface area contributed by atoms with Gasteiger partial charge in [0.1, 0.15) is 0 Å². The first-order valence-corrected chi connectivity index (χ1v) is 11.8. The number of anilines is 1. The van der Waals surface area contributed by atoms with Gasteiger partial charge in [0.25, 0.3) is 5.91 Å². The van der Waals surface area contributed by atoms with E-state index in [1.54, 1.807) is 0 Å². The van der Waals surface area contributed by atoms with Crippen molar-refractivity contribution < 1.29 is 4.79 Å². The van der Waals surface area contributed by atoms with Crippen molar-refractivity contribution in [2.24, 2.45) is 0 Å². The van der Waals surface area contributed by atoms with Gasteiger partial charge in [0, 0.05) is 21.4 Å². The van der Waals surface area contributed by atoms with Gasteiger partial charge in [-0.1, -0.05) is 79.7 Å². The van der Waals surface area contributed by atoms with Gasteiger partial charge < -0.3 is 0 Å². The van der Waals surface area contributed by atoms with Crippen LogP contribution in [-0.2, 0) is 6.42 Å². The summed E-state index contributed by atoms with van der Waals surface area (Å²) in [6, 6.07) is 28.0. The minimum absolute atomic E-state index is 0.187. The van der Waals surface area contributed by atoms with Crippen molar-refractivity contribution in [3.8, 4) is 22.5 Å². The lowest BCUT2D eigenvalue weighted by atomic mass is 10.0. The zero-order valence-electron chi connectivity index (χ0n) is 18.5. The molecule has 0 radical (unpaired) electrons.